The van der Waals surface area contributed by atoms with E-state index in [1.54, 1.807) is 20.8 Å². The largest absolute Gasteiger partial charge is 0.465 e. The predicted molar refractivity (Wildman–Crippen MR) is 104 cm³/mol. The van der Waals surface area contributed by atoms with Crippen LogP contribution in [0.1, 0.15) is 39.7 Å². The highest BCUT2D eigenvalue weighted by Crippen LogP contribution is 2.29. The molecular weight excluding hydrogens is 420 g/mol. The number of rotatable bonds is 5. The third kappa shape index (κ3) is 4.19. The van der Waals surface area contributed by atoms with Gasteiger partial charge in [-0.05, 0) is 33.6 Å². The van der Waals surface area contributed by atoms with Crippen LogP contribution in [0.5, 0.6) is 0 Å². The molecule has 1 aliphatic rings. The van der Waals surface area contributed by atoms with Gasteiger partial charge in [0.15, 0.2) is 10.9 Å². The molecule has 3 rings (SSSR count). The van der Waals surface area contributed by atoms with Crippen molar-refractivity contribution in [2.45, 2.75) is 38.5 Å². The molecule has 0 radical (unpaired) electrons. The molecule has 3 heterocycles. The normalized spacial score (nSPS) is 16.0. The summed E-state index contributed by atoms with van der Waals surface area (Å²) in [6, 6.07) is 0. The van der Waals surface area contributed by atoms with Crippen LogP contribution >= 0.6 is 11.3 Å². The quantitative estimate of drug-likeness (QED) is 0.694. The second-order valence-electron chi connectivity index (χ2n) is 6.75. The van der Waals surface area contributed by atoms with E-state index >= 15 is 0 Å². The zero-order valence-electron chi connectivity index (χ0n) is 16.5. The van der Waals surface area contributed by atoms with E-state index in [4.69, 9.17) is 4.52 Å². The zero-order valence-corrected chi connectivity index (χ0v) is 18.1. The summed E-state index contributed by atoms with van der Waals surface area (Å²) < 4.78 is 36.7. The van der Waals surface area contributed by atoms with Gasteiger partial charge in [-0.1, -0.05) is 16.5 Å². The van der Waals surface area contributed by atoms with Crippen LogP contribution in [0.4, 0.5) is 5.13 Å². The van der Waals surface area contributed by atoms with Crippen molar-refractivity contribution >= 4 is 38.4 Å². The van der Waals surface area contributed by atoms with E-state index < -0.39 is 16.0 Å². The van der Waals surface area contributed by atoms with Gasteiger partial charge in [0, 0.05) is 19.0 Å². The molecule has 1 saturated heterocycles. The molecule has 0 aliphatic carbocycles. The Labute approximate surface area is 172 Å². The summed E-state index contributed by atoms with van der Waals surface area (Å²) in [6.07, 6.45) is 0.755. The predicted octanol–water partition coefficient (Wildman–Crippen LogP) is 1.88. The summed E-state index contributed by atoms with van der Waals surface area (Å²) in [6.45, 7) is 5.24. The first-order chi connectivity index (χ1) is 13.6. The maximum atomic E-state index is 12.9. The van der Waals surface area contributed by atoms with E-state index in [1.165, 1.54) is 11.4 Å². The number of ether oxygens (including phenoxy) is 1. The third-order valence-electron chi connectivity index (χ3n) is 4.79. The number of amides is 1. The molecule has 0 aromatic carbocycles. The Kier molecular flexibility index (Phi) is 6.05. The highest BCUT2D eigenvalue weighted by molar-refractivity contribution is 7.89. The topological polar surface area (TPSA) is 132 Å². The van der Waals surface area contributed by atoms with Crippen LogP contribution in [0.3, 0.4) is 0 Å². The van der Waals surface area contributed by atoms with E-state index in [1.807, 2.05) is 0 Å². The number of carbonyl (C=O) groups is 2. The minimum Gasteiger partial charge on any atom is -0.465 e. The lowest BCUT2D eigenvalue weighted by atomic mass is 9.97. The maximum Gasteiger partial charge on any atom is 0.350 e. The van der Waals surface area contributed by atoms with Crippen molar-refractivity contribution in [3.8, 4) is 0 Å². The van der Waals surface area contributed by atoms with E-state index in [0.29, 0.717) is 34.2 Å². The number of hydrogen-bond acceptors (Lipinski definition) is 9. The molecule has 12 heteroatoms. The Balaban J connectivity index is 1.64. The van der Waals surface area contributed by atoms with Crippen LogP contribution in [0.25, 0.3) is 0 Å². The van der Waals surface area contributed by atoms with E-state index in [9.17, 15) is 18.0 Å². The molecule has 29 heavy (non-hydrogen) atoms. The van der Waals surface area contributed by atoms with Gasteiger partial charge < -0.3 is 14.6 Å². The number of anilines is 1. The molecule has 0 spiro atoms. The number of thiazole rings is 1. The number of piperidine rings is 1. The number of carbonyl (C=O) groups excluding carboxylic acids is 2. The van der Waals surface area contributed by atoms with Gasteiger partial charge in [0.1, 0.15) is 15.5 Å². The van der Waals surface area contributed by atoms with Gasteiger partial charge in [-0.25, -0.2) is 18.2 Å². The second-order valence-corrected chi connectivity index (χ2v) is 9.62. The Morgan fingerprint density at radius 2 is 1.86 bits per heavy atom. The van der Waals surface area contributed by atoms with Gasteiger partial charge in [0.2, 0.25) is 15.9 Å². The summed E-state index contributed by atoms with van der Waals surface area (Å²) in [4.78, 5) is 28.9. The number of hydrogen-bond donors (Lipinski definition) is 1. The number of aryl methyl sites for hydroxylation is 3. The lowest BCUT2D eigenvalue weighted by molar-refractivity contribution is -0.120. The highest BCUT2D eigenvalue weighted by Gasteiger charge is 2.35. The van der Waals surface area contributed by atoms with Crippen LogP contribution < -0.4 is 5.32 Å². The molecule has 0 unspecified atom stereocenters. The van der Waals surface area contributed by atoms with Crippen molar-refractivity contribution in [2.75, 3.05) is 25.5 Å². The fourth-order valence-corrected chi connectivity index (χ4v) is 5.92. The first kappa shape index (κ1) is 21.4. The molecule has 1 aliphatic heterocycles. The standard InChI is InChI=1S/C17H22N4O6S2/c1-9-13(16(23)26-4)28-17(18-9)19-15(22)12-5-7-21(8-6-12)29(24,25)14-10(2)20-27-11(14)3/h12H,5-8H2,1-4H3,(H,18,19,22). The maximum absolute atomic E-state index is 12.9. The SMILES string of the molecule is COC(=O)c1sc(NC(=O)C2CCN(S(=O)(=O)c3c(C)noc3C)CC2)nc1C. The van der Waals surface area contributed by atoms with Gasteiger partial charge >= 0.3 is 5.97 Å². The van der Waals surface area contributed by atoms with Crippen LogP contribution in [-0.2, 0) is 19.6 Å². The van der Waals surface area contributed by atoms with Gasteiger partial charge in [-0.2, -0.15) is 4.31 Å². The summed E-state index contributed by atoms with van der Waals surface area (Å²) in [5.41, 5.74) is 0.806. The Hall–Kier alpha value is -2.31. The minimum atomic E-state index is -3.72. The first-order valence-electron chi connectivity index (χ1n) is 8.94. The summed E-state index contributed by atoms with van der Waals surface area (Å²) in [5.74, 6) is -0.845. The molecule has 1 amide bonds. The molecule has 0 saturated carbocycles. The number of aromatic nitrogens is 2. The van der Waals surface area contributed by atoms with Gasteiger partial charge in [-0.3, -0.25) is 4.79 Å². The van der Waals surface area contributed by atoms with Crippen LogP contribution in [-0.4, -0.2) is 54.9 Å². The molecule has 0 atom stereocenters. The average Bonchev–Trinajstić information content (AvgIpc) is 3.22. The van der Waals surface area contributed by atoms with Crippen molar-refractivity contribution in [2.24, 2.45) is 5.92 Å². The zero-order chi connectivity index (χ0) is 21.3. The Bertz CT molecular complexity index is 1020. The van der Waals surface area contributed by atoms with Crippen LogP contribution in [0.2, 0.25) is 0 Å². The molecular formula is C17H22N4O6S2. The Morgan fingerprint density at radius 3 is 2.41 bits per heavy atom. The summed E-state index contributed by atoms with van der Waals surface area (Å²) in [5, 5.41) is 6.75. The number of sulfonamides is 1. The molecule has 158 valence electrons. The Morgan fingerprint density at radius 1 is 1.21 bits per heavy atom. The second kappa shape index (κ2) is 8.20. The molecule has 2 aromatic rings. The van der Waals surface area contributed by atoms with E-state index in [0.717, 1.165) is 11.3 Å². The van der Waals surface area contributed by atoms with Crippen molar-refractivity contribution in [1.29, 1.82) is 0 Å². The molecule has 10 nitrogen and oxygen atoms in total. The van der Waals surface area contributed by atoms with Crippen LogP contribution in [0.15, 0.2) is 9.42 Å². The van der Waals surface area contributed by atoms with Crippen LogP contribution in [0, 0.1) is 26.7 Å². The van der Waals surface area contributed by atoms with E-state index in [-0.39, 0.29) is 35.6 Å². The van der Waals surface area contributed by atoms with Gasteiger partial charge in [0.05, 0.1) is 12.8 Å². The lowest BCUT2D eigenvalue weighted by Crippen LogP contribution is -2.41. The summed E-state index contributed by atoms with van der Waals surface area (Å²) >= 11 is 1.05. The monoisotopic (exact) mass is 442 g/mol. The number of nitrogens with zero attached hydrogens (tertiary/aromatic N) is 3. The molecule has 1 fully saturated rings. The third-order valence-corrected chi connectivity index (χ3v) is 7.98. The average molecular weight is 443 g/mol. The molecule has 2 aromatic heterocycles. The highest BCUT2D eigenvalue weighted by atomic mass is 32.2. The number of methoxy groups -OCH3 is 1. The van der Waals surface area contributed by atoms with E-state index in [2.05, 4.69) is 20.2 Å². The minimum absolute atomic E-state index is 0.0917. The first-order valence-corrected chi connectivity index (χ1v) is 11.2. The lowest BCUT2D eigenvalue weighted by Gasteiger charge is -2.30. The van der Waals surface area contributed by atoms with Crippen molar-refractivity contribution in [1.82, 2.24) is 14.4 Å². The van der Waals surface area contributed by atoms with Crippen molar-refractivity contribution < 1.29 is 27.3 Å². The number of nitrogens with one attached hydrogen (secondary N) is 1. The van der Waals surface area contributed by atoms with Gasteiger partial charge in [0.25, 0.3) is 0 Å². The molecule has 0 bridgehead atoms. The fourth-order valence-electron chi connectivity index (χ4n) is 3.27. The van der Waals surface area contributed by atoms with Crippen molar-refractivity contribution in [3.05, 3.63) is 22.0 Å². The fraction of sp³-hybridized carbons (Fsp3) is 0.529. The summed E-state index contributed by atoms with van der Waals surface area (Å²) in [7, 11) is -2.44. The smallest absolute Gasteiger partial charge is 0.350 e. The molecule has 1 N–H and O–H groups in total. The van der Waals surface area contributed by atoms with Gasteiger partial charge in [-0.15, -0.1) is 0 Å². The van der Waals surface area contributed by atoms with Crippen molar-refractivity contribution in [3.63, 3.8) is 0 Å². The number of esters is 1.